The maximum atomic E-state index is 10.3. The van der Waals surface area contributed by atoms with Gasteiger partial charge >= 0.3 is 0 Å². The monoisotopic (exact) mass is 361 g/mol. The van der Waals surface area contributed by atoms with Crippen LogP contribution in [0.3, 0.4) is 0 Å². The van der Waals surface area contributed by atoms with Crippen LogP contribution in [0.2, 0.25) is 5.02 Å². The van der Waals surface area contributed by atoms with Crippen molar-refractivity contribution in [2.45, 2.75) is 38.6 Å². The van der Waals surface area contributed by atoms with Crippen LogP contribution in [0.25, 0.3) is 0 Å². The zero-order chi connectivity index (χ0) is 14.7. The predicted octanol–water partition coefficient (Wildman–Crippen LogP) is 3.64. The van der Waals surface area contributed by atoms with E-state index in [1.54, 1.807) is 0 Å². The first-order chi connectivity index (χ1) is 9.45. The molecule has 3 atom stereocenters. The minimum absolute atomic E-state index is 0.257. The van der Waals surface area contributed by atoms with E-state index in [0.717, 1.165) is 29.7 Å². The van der Waals surface area contributed by atoms with Crippen LogP contribution in [0.4, 0.5) is 0 Å². The highest BCUT2D eigenvalue weighted by Gasteiger charge is 2.23. The molecule has 1 heterocycles. The van der Waals surface area contributed by atoms with Crippen molar-refractivity contribution in [1.82, 2.24) is 4.90 Å². The minimum atomic E-state index is -0.524. The average Bonchev–Trinajstić information content (AvgIpc) is 2.35. The van der Waals surface area contributed by atoms with Gasteiger partial charge in [0.15, 0.2) is 0 Å². The summed E-state index contributed by atoms with van der Waals surface area (Å²) in [5.41, 5.74) is 0.796. The molecule has 112 valence electrons. The van der Waals surface area contributed by atoms with Crippen LogP contribution in [-0.2, 0) is 4.74 Å². The van der Waals surface area contributed by atoms with Crippen molar-refractivity contribution in [2.75, 3.05) is 19.6 Å². The van der Waals surface area contributed by atoms with Gasteiger partial charge in [0, 0.05) is 29.1 Å². The third kappa shape index (κ3) is 4.43. The summed E-state index contributed by atoms with van der Waals surface area (Å²) >= 11 is 9.54. The summed E-state index contributed by atoms with van der Waals surface area (Å²) in [4.78, 5) is 2.34. The number of hydrogen-bond acceptors (Lipinski definition) is 3. The summed E-state index contributed by atoms with van der Waals surface area (Å²) in [6, 6.07) is 5.60. The fraction of sp³-hybridized carbons (Fsp3) is 0.600. The Morgan fingerprint density at radius 2 is 2.05 bits per heavy atom. The van der Waals surface area contributed by atoms with Gasteiger partial charge in [-0.3, -0.25) is 4.90 Å². The molecule has 0 saturated carbocycles. The van der Waals surface area contributed by atoms with Crippen molar-refractivity contribution in [2.24, 2.45) is 0 Å². The van der Waals surface area contributed by atoms with Crippen molar-refractivity contribution in [3.05, 3.63) is 33.3 Å². The number of morpholine rings is 1. The van der Waals surface area contributed by atoms with Gasteiger partial charge < -0.3 is 9.84 Å². The lowest BCUT2D eigenvalue weighted by Gasteiger charge is -2.35. The topological polar surface area (TPSA) is 32.7 Å². The summed E-state index contributed by atoms with van der Waals surface area (Å²) in [5, 5.41) is 10.9. The molecular formula is C15H21BrClNO2. The van der Waals surface area contributed by atoms with Gasteiger partial charge in [0.1, 0.15) is 0 Å². The molecule has 3 nitrogen and oxygen atoms in total. The van der Waals surface area contributed by atoms with Crippen LogP contribution in [0.15, 0.2) is 22.7 Å². The van der Waals surface area contributed by atoms with E-state index in [2.05, 4.69) is 34.7 Å². The number of hydrogen-bond donors (Lipinski definition) is 1. The molecule has 0 amide bonds. The Balaban J connectivity index is 1.90. The molecule has 1 N–H and O–H groups in total. The summed E-state index contributed by atoms with van der Waals surface area (Å²) in [5.74, 6) is 0. The zero-order valence-corrected chi connectivity index (χ0v) is 14.2. The molecule has 1 aromatic carbocycles. The highest BCUT2D eigenvalue weighted by atomic mass is 79.9. The normalized spacial score (nSPS) is 25.6. The predicted molar refractivity (Wildman–Crippen MR) is 85.2 cm³/mol. The molecule has 3 unspecified atom stereocenters. The Bertz CT molecular complexity index is 447. The fourth-order valence-corrected chi connectivity index (χ4v) is 3.50. The Morgan fingerprint density at radius 3 is 2.65 bits per heavy atom. The van der Waals surface area contributed by atoms with E-state index in [1.165, 1.54) is 0 Å². The molecule has 0 aromatic heterocycles. The fourth-order valence-electron chi connectivity index (χ4n) is 2.70. The Morgan fingerprint density at radius 1 is 1.40 bits per heavy atom. The molecule has 2 rings (SSSR count). The number of ether oxygens (including phenoxy) is 1. The van der Waals surface area contributed by atoms with E-state index >= 15 is 0 Å². The average molecular weight is 363 g/mol. The molecular weight excluding hydrogens is 342 g/mol. The van der Waals surface area contributed by atoms with E-state index in [-0.39, 0.29) is 12.2 Å². The standard InChI is InChI=1S/C15H21BrClNO2/c1-10-8-18(9-11(2)20-10)6-5-15(19)13-4-3-12(16)7-14(13)17/h3-4,7,10-11,15,19H,5-6,8-9H2,1-2H3. The van der Waals surface area contributed by atoms with Crippen LogP contribution < -0.4 is 0 Å². The lowest BCUT2D eigenvalue weighted by atomic mass is 10.1. The Labute approximate surface area is 134 Å². The molecule has 5 heteroatoms. The summed E-state index contributed by atoms with van der Waals surface area (Å²) < 4.78 is 6.63. The van der Waals surface area contributed by atoms with Crippen molar-refractivity contribution >= 4 is 27.5 Å². The quantitative estimate of drug-likeness (QED) is 0.887. The van der Waals surface area contributed by atoms with Crippen LogP contribution in [0.1, 0.15) is 31.9 Å². The summed E-state index contributed by atoms with van der Waals surface area (Å²) in [6.07, 6.45) is 0.671. The van der Waals surface area contributed by atoms with Crippen molar-refractivity contribution < 1.29 is 9.84 Å². The Hall–Kier alpha value is -0.130. The maximum Gasteiger partial charge on any atom is 0.0816 e. The molecule has 1 fully saturated rings. The van der Waals surface area contributed by atoms with Gasteiger partial charge in [-0.1, -0.05) is 33.6 Å². The van der Waals surface area contributed by atoms with E-state index in [0.29, 0.717) is 11.4 Å². The van der Waals surface area contributed by atoms with Gasteiger partial charge in [-0.25, -0.2) is 0 Å². The molecule has 0 radical (unpaired) electrons. The first-order valence-corrected chi connectivity index (χ1v) is 8.13. The molecule has 0 aliphatic carbocycles. The number of aliphatic hydroxyl groups excluding tert-OH is 1. The molecule has 0 bridgehead atoms. The van der Waals surface area contributed by atoms with Gasteiger partial charge in [-0.05, 0) is 38.0 Å². The third-order valence-corrected chi connectivity index (χ3v) is 4.36. The number of halogens is 2. The molecule has 1 aromatic rings. The second-order valence-electron chi connectivity index (χ2n) is 5.49. The molecule has 1 aliphatic heterocycles. The summed E-state index contributed by atoms with van der Waals surface area (Å²) in [6.45, 7) is 6.87. The highest BCUT2D eigenvalue weighted by Crippen LogP contribution is 2.28. The molecule has 0 spiro atoms. The van der Waals surface area contributed by atoms with E-state index < -0.39 is 6.10 Å². The molecule has 1 aliphatic rings. The van der Waals surface area contributed by atoms with Crippen LogP contribution >= 0.6 is 27.5 Å². The van der Waals surface area contributed by atoms with Gasteiger partial charge in [0.2, 0.25) is 0 Å². The smallest absolute Gasteiger partial charge is 0.0816 e. The number of aliphatic hydroxyl groups is 1. The van der Waals surface area contributed by atoms with Gasteiger partial charge in [0.05, 0.1) is 18.3 Å². The largest absolute Gasteiger partial charge is 0.388 e. The first kappa shape index (κ1) is 16.2. The first-order valence-electron chi connectivity index (χ1n) is 6.96. The van der Waals surface area contributed by atoms with E-state index in [1.807, 2.05) is 18.2 Å². The van der Waals surface area contributed by atoms with Gasteiger partial charge in [0.25, 0.3) is 0 Å². The maximum absolute atomic E-state index is 10.3. The van der Waals surface area contributed by atoms with Crippen molar-refractivity contribution in [3.8, 4) is 0 Å². The molecule has 1 saturated heterocycles. The van der Waals surface area contributed by atoms with Crippen LogP contribution in [-0.4, -0.2) is 41.8 Å². The SMILES string of the molecule is CC1CN(CCC(O)c2ccc(Br)cc2Cl)CC(C)O1. The number of benzene rings is 1. The lowest BCUT2D eigenvalue weighted by molar-refractivity contribution is -0.0702. The minimum Gasteiger partial charge on any atom is -0.388 e. The van der Waals surface area contributed by atoms with E-state index in [4.69, 9.17) is 16.3 Å². The second-order valence-corrected chi connectivity index (χ2v) is 6.81. The van der Waals surface area contributed by atoms with E-state index in [9.17, 15) is 5.11 Å². The van der Waals surface area contributed by atoms with Crippen molar-refractivity contribution in [3.63, 3.8) is 0 Å². The lowest BCUT2D eigenvalue weighted by Crippen LogP contribution is -2.45. The highest BCUT2D eigenvalue weighted by molar-refractivity contribution is 9.10. The number of nitrogens with zero attached hydrogens (tertiary/aromatic N) is 1. The summed E-state index contributed by atoms with van der Waals surface area (Å²) in [7, 11) is 0. The van der Waals surface area contributed by atoms with Crippen LogP contribution in [0, 0.1) is 0 Å². The Kier molecular flexibility index (Phi) is 5.87. The molecule has 20 heavy (non-hydrogen) atoms. The van der Waals surface area contributed by atoms with Gasteiger partial charge in [-0.2, -0.15) is 0 Å². The van der Waals surface area contributed by atoms with Crippen LogP contribution in [0.5, 0.6) is 0 Å². The number of rotatable bonds is 4. The second kappa shape index (κ2) is 7.23. The zero-order valence-electron chi connectivity index (χ0n) is 11.9. The van der Waals surface area contributed by atoms with Crippen molar-refractivity contribution in [1.29, 1.82) is 0 Å². The van der Waals surface area contributed by atoms with Gasteiger partial charge in [-0.15, -0.1) is 0 Å². The third-order valence-electron chi connectivity index (χ3n) is 3.54.